The van der Waals surface area contributed by atoms with Crippen molar-refractivity contribution in [1.82, 2.24) is 5.32 Å². The average Bonchev–Trinajstić information content (AvgIpc) is 3.09. The van der Waals surface area contributed by atoms with Gasteiger partial charge in [-0.2, -0.15) is 0 Å². The molecule has 2 unspecified atom stereocenters. The van der Waals surface area contributed by atoms with Crippen LogP contribution in [0.5, 0.6) is 17.2 Å². The molecule has 3 aromatic rings. The van der Waals surface area contributed by atoms with Crippen LogP contribution < -0.4 is 20.2 Å². The lowest BCUT2D eigenvalue weighted by molar-refractivity contribution is -0.127. The van der Waals surface area contributed by atoms with Crippen LogP contribution in [0, 0.1) is 6.92 Å². The van der Waals surface area contributed by atoms with Crippen molar-refractivity contribution >= 4 is 26.7 Å². The molecule has 2 aromatic carbocycles. The van der Waals surface area contributed by atoms with Gasteiger partial charge in [0, 0.05) is 12.1 Å². The summed E-state index contributed by atoms with van der Waals surface area (Å²) in [5.74, 6) is 0.909. The number of hydrogen-bond donors (Lipinski definition) is 1. The SMILES string of the molecule is Cc1oc2cc(OC(C)C(=O)NC3CCS(=O)(=O)C3)ccc2c(=O)c1Oc1ccccc1. The highest BCUT2D eigenvalue weighted by atomic mass is 32.2. The lowest BCUT2D eigenvalue weighted by Crippen LogP contribution is -2.43. The number of amides is 1. The van der Waals surface area contributed by atoms with Gasteiger partial charge >= 0.3 is 0 Å². The van der Waals surface area contributed by atoms with Gasteiger partial charge in [-0.15, -0.1) is 0 Å². The molecule has 1 saturated heterocycles. The third-order valence-corrected chi connectivity index (χ3v) is 6.98. The maximum Gasteiger partial charge on any atom is 0.261 e. The van der Waals surface area contributed by atoms with Crippen LogP contribution in [-0.4, -0.2) is 38.0 Å². The molecular formula is C23H23NO7S. The van der Waals surface area contributed by atoms with Crippen molar-refractivity contribution in [3.05, 3.63) is 64.5 Å². The zero-order valence-corrected chi connectivity index (χ0v) is 18.5. The molecule has 0 bridgehead atoms. The maximum absolute atomic E-state index is 12.9. The van der Waals surface area contributed by atoms with E-state index in [2.05, 4.69) is 5.32 Å². The summed E-state index contributed by atoms with van der Waals surface area (Å²) in [6, 6.07) is 13.2. The van der Waals surface area contributed by atoms with Crippen LogP contribution in [0.3, 0.4) is 0 Å². The smallest absolute Gasteiger partial charge is 0.261 e. The first-order valence-corrected chi connectivity index (χ1v) is 12.0. The summed E-state index contributed by atoms with van der Waals surface area (Å²) >= 11 is 0. The van der Waals surface area contributed by atoms with Gasteiger partial charge in [0.1, 0.15) is 22.8 Å². The fourth-order valence-electron chi connectivity index (χ4n) is 3.55. The Morgan fingerprint density at radius 2 is 1.91 bits per heavy atom. The molecule has 0 spiro atoms. The molecule has 1 N–H and O–H groups in total. The lowest BCUT2D eigenvalue weighted by atomic mass is 10.2. The van der Waals surface area contributed by atoms with E-state index in [4.69, 9.17) is 13.9 Å². The van der Waals surface area contributed by atoms with Crippen LogP contribution in [0.15, 0.2) is 57.7 Å². The van der Waals surface area contributed by atoms with E-state index < -0.39 is 27.9 Å². The van der Waals surface area contributed by atoms with Crippen molar-refractivity contribution in [2.75, 3.05) is 11.5 Å². The molecule has 1 aromatic heterocycles. The van der Waals surface area contributed by atoms with Gasteiger partial charge in [0.2, 0.25) is 11.2 Å². The molecular weight excluding hydrogens is 434 g/mol. The van der Waals surface area contributed by atoms with Crippen molar-refractivity contribution in [3.8, 4) is 17.2 Å². The number of aryl methyl sites for hydroxylation is 1. The van der Waals surface area contributed by atoms with E-state index in [1.807, 2.05) is 6.07 Å². The van der Waals surface area contributed by atoms with E-state index in [0.717, 1.165) is 0 Å². The Hall–Kier alpha value is -3.33. The highest BCUT2D eigenvalue weighted by Crippen LogP contribution is 2.27. The molecule has 168 valence electrons. The number of hydrogen-bond acceptors (Lipinski definition) is 7. The average molecular weight is 458 g/mol. The minimum Gasteiger partial charge on any atom is -0.481 e. The molecule has 2 atom stereocenters. The van der Waals surface area contributed by atoms with E-state index in [1.54, 1.807) is 56.3 Å². The van der Waals surface area contributed by atoms with Gasteiger partial charge in [-0.25, -0.2) is 8.42 Å². The third-order valence-electron chi connectivity index (χ3n) is 5.21. The minimum atomic E-state index is -3.09. The highest BCUT2D eigenvalue weighted by molar-refractivity contribution is 7.91. The molecule has 0 saturated carbocycles. The molecule has 9 heteroatoms. The number of carbonyl (C=O) groups is 1. The summed E-state index contributed by atoms with van der Waals surface area (Å²) < 4.78 is 40.3. The summed E-state index contributed by atoms with van der Waals surface area (Å²) in [4.78, 5) is 25.3. The Balaban J connectivity index is 1.50. The van der Waals surface area contributed by atoms with Crippen LogP contribution in [0.25, 0.3) is 11.0 Å². The number of fused-ring (bicyclic) bond motifs is 1. The maximum atomic E-state index is 12.9. The monoisotopic (exact) mass is 457 g/mol. The van der Waals surface area contributed by atoms with Gasteiger partial charge in [0.05, 0.1) is 16.9 Å². The third kappa shape index (κ3) is 4.77. The molecule has 1 aliphatic rings. The number of nitrogens with one attached hydrogen (secondary N) is 1. The van der Waals surface area contributed by atoms with E-state index in [9.17, 15) is 18.0 Å². The second-order valence-electron chi connectivity index (χ2n) is 7.76. The van der Waals surface area contributed by atoms with Crippen LogP contribution >= 0.6 is 0 Å². The van der Waals surface area contributed by atoms with Gasteiger partial charge in [0.25, 0.3) is 5.91 Å². The van der Waals surface area contributed by atoms with Crippen molar-refractivity contribution in [3.63, 3.8) is 0 Å². The first-order valence-electron chi connectivity index (χ1n) is 10.2. The van der Waals surface area contributed by atoms with Crippen LogP contribution in [0.2, 0.25) is 0 Å². The van der Waals surface area contributed by atoms with Gasteiger partial charge in [-0.3, -0.25) is 9.59 Å². The Morgan fingerprint density at radius 1 is 1.16 bits per heavy atom. The van der Waals surface area contributed by atoms with Crippen molar-refractivity contribution in [2.45, 2.75) is 32.4 Å². The van der Waals surface area contributed by atoms with E-state index in [0.29, 0.717) is 34.6 Å². The Bertz CT molecular complexity index is 1320. The zero-order valence-electron chi connectivity index (χ0n) is 17.7. The van der Waals surface area contributed by atoms with E-state index in [1.165, 1.54) is 0 Å². The molecule has 1 aliphatic heterocycles. The number of benzene rings is 2. The predicted octanol–water partition coefficient (Wildman–Crippen LogP) is 2.96. The summed E-state index contributed by atoms with van der Waals surface area (Å²) in [5, 5.41) is 3.03. The molecule has 32 heavy (non-hydrogen) atoms. The Labute approximate surface area is 185 Å². The Kier molecular flexibility index (Phi) is 5.92. The van der Waals surface area contributed by atoms with Crippen molar-refractivity contribution < 1.29 is 27.1 Å². The second-order valence-corrected chi connectivity index (χ2v) is 9.99. The Morgan fingerprint density at radius 3 is 2.59 bits per heavy atom. The number of sulfone groups is 1. The fourth-order valence-corrected chi connectivity index (χ4v) is 5.22. The normalized spacial score (nSPS) is 18.2. The number of para-hydroxylation sites is 1. The fraction of sp³-hybridized carbons (Fsp3) is 0.304. The van der Waals surface area contributed by atoms with E-state index in [-0.39, 0.29) is 22.7 Å². The van der Waals surface area contributed by atoms with Crippen LogP contribution in [0.4, 0.5) is 0 Å². The summed E-state index contributed by atoms with van der Waals surface area (Å²) in [6.45, 7) is 3.21. The molecule has 0 radical (unpaired) electrons. The van der Waals surface area contributed by atoms with Gasteiger partial charge < -0.3 is 19.2 Å². The first-order chi connectivity index (χ1) is 15.2. The van der Waals surface area contributed by atoms with Crippen LogP contribution in [0.1, 0.15) is 19.1 Å². The van der Waals surface area contributed by atoms with E-state index >= 15 is 0 Å². The quantitative estimate of drug-likeness (QED) is 0.606. The predicted molar refractivity (Wildman–Crippen MR) is 119 cm³/mol. The van der Waals surface area contributed by atoms with Gasteiger partial charge in [-0.05, 0) is 44.5 Å². The molecule has 0 aliphatic carbocycles. The molecule has 1 amide bonds. The summed E-state index contributed by atoms with van der Waals surface area (Å²) in [5.41, 5.74) is -0.00714. The largest absolute Gasteiger partial charge is 0.481 e. The summed E-state index contributed by atoms with van der Waals surface area (Å²) in [7, 11) is -3.09. The summed E-state index contributed by atoms with van der Waals surface area (Å²) in [6.07, 6.45) is -0.460. The molecule has 2 heterocycles. The van der Waals surface area contributed by atoms with Gasteiger partial charge in [-0.1, -0.05) is 18.2 Å². The van der Waals surface area contributed by atoms with Gasteiger partial charge in [0.15, 0.2) is 15.9 Å². The minimum absolute atomic E-state index is 0.0563. The zero-order chi connectivity index (χ0) is 22.9. The van der Waals surface area contributed by atoms with Crippen molar-refractivity contribution in [2.24, 2.45) is 0 Å². The first kappa shape index (κ1) is 21.9. The van der Waals surface area contributed by atoms with Crippen molar-refractivity contribution in [1.29, 1.82) is 0 Å². The van der Waals surface area contributed by atoms with Crippen LogP contribution in [-0.2, 0) is 14.6 Å². The standard InChI is InChI=1S/C23H23NO7S/c1-14-22(31-17-6-4-3-5-7-17)21(25)19-9-8-18(12-20(19)30-14)29-15(2)23(26)24-16-10-11-32(27,28)13-16/h3-9,12,15-16H,10-11,13H2,1-2H3,(H,24,26). The molecule has 1 fully saturated rings. The lowest BCUT2D eigenvalue weighted by Gasteiger charge is -2.17. The number of carbonyl (C=O) groups excluding carboxylic acids is 1. The second kappa shape index (κ2) is 8.66. The molecule has 8 nitrogen and oxygen atoms in total. The highest BCUT2D eigenvalue weighted by Gasteiger charge is 2.30. The molecule has 4 rings (SSSR count). The number of rotatable bonds is 6. The topological polar surface area (TPSA) is 112 Å². The number of ether oxygens (including phenoxy) is 2.